The number of benzene rings is 1. The molecule has 1 aromatic rings. The first-order valence-corrected chi connectivity index (χ1v) is 6.82. The van der Waals surface area contributed by atoms with Gasteiger partial charge < -0.3 is 4.74 Å². The van der Waals surface area contributed by atoms with Crippen LogP contribution in [-0.4, -0.2) is 18.7 Å². The fraction of sp³-hybridized carbons (Fsp3) is 0.533. The first kappa shape index (κ1) is 10.4. The highest BCUT2D eigenvalue weighted by molar-refractivity contribution is 5.90. The molecule has 3 nitrogen and oxygen atoms in total. The number of hydrogen-bond acceptors (Lipinski definition) is 2. The molecule has 3 unspecified atom stereocenters. The number of nitrogens with zero attached hydrogens (tertiary/aromatic N) is 1. The lowest BCUT2D eigenvalue weighted by atomic mass is 9.93. The first-order chi connectivity index (χ1) is 8.81. The monoisotopic (exact) mass is 243 g/mol. The Hall–Kier alpha value is -1.51. The van der Waals surface area contributed by atoms with Gasteiger partial charge in [-0.25, -0.2) is 4.79 Å². The van der Waals surface area contributed by atoms with Crippen molar-refractivity contribution in [2.24, 2.45) is 11.3 Å². The van der Waals surface area contributed by atoms with Gasteiger partial charge in [0.15, 0.2) is 0 Å². The van der Waals surface area contributed by atoms with Crippen molar-refractivity contribution in [3.63, 3.8) is 0 Å². The van der Waals surface area contributed by atoms with Crippen LogP contribution in [0.3, 0.4) is 0 Å². The fourth-order valence-corrected chi connectivity index (χ4v) is 4.07. The number of carbonyl (C=O) groups excluding carboxylic acids is 1. The molecule has 2 aliphatic carbocycles. The van der Waals surface area contributed by atoms with E-state index in [4.69, 9.17) is 4.74 Å². The molecule has 0 radical (unpaired) electrons. The minimum absolute atomic E-state index is 0.168. The number of amides is 1. The van der Waals surface area contributed by atoms with E-state index in [1.54, 1.807) is 0 Å². The van der Waals surface area contributed by atoms with Gasteiger partial charge in [-0.1, -0.05) is 24.6 Å². The van der Waals surface area contributed by atoms with E-state index in [-0.39, 0.29) is 12.1 Å². The Bertz CT molecular complexity index is 487. The van der Waals surface area contributed by atoms with E-state index < -0.39 is 0 Å². The van der Waals surface area contributed by atoms with Gasteiger partial charge >= 0.3 is 6.09 Å². The van der Waals surface area contributed by atoms with E-state index in [2.05, 4.69) is 0 Å². The Labute approximate surface area is 107 Å². The first-order valence-electron chi connectivity index (χ1n) is 6.82. The molecule has 18 heavy (non-hydrogen) atoms. The Morgan fingerprint density at radius 3 is 2.78 bits per heavy atom. The molecular weight excluding hydrogens is 226 g/mol. The molecule has 3 aliphatic rings. The van der Waals surface area contributed by atoms with Crippen molar-refractivity contribution in [2.75, 3.05) is 11.5 Å². The summed E-state index contributed by atoms with van der Waals surface area (Å²) in [6, 6.07) is 10.2. The number of ether oxygens (including phenoxy) is 1. The van der Waals surface area contributed by atoms with Crippen LogP contribution in [0.2, 0.25) is 0 Å². The highest BCUT2D eigenvalue weighted by Gasteiger charge is 2.64. The molecule has 1 heterocycles. The smallest absolute Gasteiger partial charge is 0.414 e. The van der Waals surface area contributed by atoms with E-state index in [9.17, 15) is 4.79 Å². The van der Waals surface area contributed by atoms with Crippen molar-refractivity contribution in [3.8, 4) is 0 Å². The molecule has 1 aliphatic heterocycles. The molecule has 4 rings (SSSR count). The Morgan fingerprint density at radius 1 is 1.28 bits per heavy atom. The van der Waals surface area contributed by atoms with Gasteiger partial charge in [0.25, 0.3) is 0 Å². The van der Waals surface area contributed by atoms with Crippen molar-refractivity contribution in [3.05, 3.63) is 30.3 Å². The standard InChI is InChI=1S/C15H17NO2/c17-14-16(12-6-2-1-3-7-12)13(10-18-14)15-8-4-5-11(15)9-15/h1-3,6-7,11,13H,4-5,8-10H2. The molecule has 2 saturated carbocycles. The fourth-order valence-electron chi connectivity index (χ4n) is 4.07. The topological polar surface area (TPSA) is 29.5 Å². The lowest BCUT2D eigenvalue weighted by molar-refractivity contribution is 0.175. The van der Waals surface area contributed by atoms with Crippen LogP contribution in [0.5, 0.6) is 0 Å². The molecule has 0 aromatic heterocycles. The van der Waals surface area contributed by atoms with Gasteiger partial charge in [0.1, 0.15) is 6.61 Å². The Morgan fingerprint density at radius 2 is 2.11 bits per heavy atom. The van der Waals surface area contributed by atoms with Gasteiger partial charge in [0.05, 0.1) is 6.04 Å². The number of fused-ring (bicyclic) bond motifs is 1. The zero-order valence-electron chi connectivity index (χ0n) is 10.3. The van der Waals surface area contributed by atoms with Gasteiger partial charge in [-0.05, 0) is 42.7 Å². The summed E-state index contributed by atoms with van der Waals surface area (Å²) in [6.45, 7) is 0.574. The maximum atomic E-state index is 12.0. The summed E-state index contributed by atoms with van der Waals surface area (Å²) in [5.74, 6) is 0.836. The molecule has 1 amide bonds. The molecule has 0 spiro atoms. The summed E-state index contributed by atoms with van der Waals surface area (Å²) in [6.07, 6.45) is 5.05. The zero-order valence-corrected chi connectivity index (χ0v) is 10.3. The molecule has 94 valence electrons. The number of hydrogen-bond donors (Lipinski definition) is 0. The van der Waals surface area contributed by atoms with Gasteiger partial charge in [-0.15, -0.1) is 0 Å². The third-order valence-corrected chi connectivity index (χ3v) is 5.05. The Balaban J connectivity index is 1.69. The van der Waals surface area contributed by atoms with Crippen LogP contribution in [0.1, 0.15) is 25.7 Å². The van der Waals surface area contributed by atoms with Crippen molar-refractivity contribution in [2.45, 2.75) is 31.7 Å². The van der Waals surface area contributed by atoms with E-state index >= 15 is 0 Å². The van der Waals surface area contributed by atoms with Crippen molar-refractivity contribution in [1.82, 2.24) is 0 Å². The third-order valence-electron chi connectivity index (χ3n) is 5.05. The van der Waals surface area contributed by atoms with Gasteiger partial charge in [0, 0.05) is 5.69 Å². The molecule has 3 heteroatoms. The van der Waals surface area contributed by atoms with Crippen LogP contribution in [0.25, 0.3) is 0 Å². The lowest BCUT2D eigenvalue weighted by Gasteiger charge is -2.28. The van der Waals surface area contributed by atoms with Gasteiger partial charge in [-0.3, -0.25) is 4.90 Å². The molecular formula is C15H17NO2. The van der Waals surface area contributed by atoms with Crippen LogP contribution in [-0.2, 0) is 4.74 Å². The quantitative estimate of drug-likeness (QED) is 0.798. The molecule has 1 aromatic carbocycles. The zero-order chi connectivity index (χ0) is 12.2. The average Bonchev–Trinajstić information content (AvgIpc) is 2.78. The van der Waals surface area contributed by atoms with Crippen molar-refractivity contribution < 1.29 is 9.53 Å². The number of rotatable bonds is 2. The molecule has 0 bridgehead atoms. The van der Waals surface area contributed by atoms with Crippen LogP contribution in [0, 0.1) is 11.3 Å². The summed E-state index contributed by atoms with van der Waals surface area (Å²) >= 11 is 0. The number of cyclic esters (lactones) is 1. The summed E-state index contributed by atoms with van der Waals surface area (Å²) < 4.78 is 5.32. The van der Waals surface area contributed by atoms with E-state index in [1.807, 2.05) is 35.2 Å². The summed E-state index contributed by atoms with van der Waals surface area (Å²) in [7, 11) is 0. The van der Waals surface area contributed by atoms with E-state index in [0.29, 0.717) is 12.0 Å². The van der Waals surface area contributed by atoms with E-state index in [0.717, 1.165) is 11.6 Å². The third kappa shape index (κ3) is 1.27. The van der Waals surface area contributed by atoms with E-state index in [1.165, 1.54) is 25.7 Å². The maximum absolute atomic E-state index is 12.0. The maximum Gasteiger partial charge on any atom is 0.414 e. The average molecular weight is 243 g/mol. The van der Waals surface area contributed by atoms with Crippen LogP contribution in [0.15, 0.2) is 30.3 Å². The second-order valence-corrected chi connectivity index (χ2v) is 5.82. The second kappa shape index (κ2) is 3.50. The number of carbonyl (C=O) groups is 1. The lowest BCUT2D eigenvalue weighted by Crippen LogP contribution is -2.40. The summed E-state index contributed by atoms with van der Waals surface area (Å²) in [5, 5.41) is 0. The van der Waals surface area contributed by atoms with Gasteiger partial charge in [0.2, 0.25) is 0 Å². The largest absolute Gasteiger partial charge is 0.447 e. The highest BCUT2D eigenvalue weighted by Crippen LogP contribution is 2.67. The summed E-state index contributed by atoms with van der Waals surface area (Å²) in [4.78, 5) is 13.9. The second-order valence-electron chi connectivity index (χ2n) is 5.82. The minimum Gasteiger partial charge on any atom is -0.447 e. The molecule has 3 fully saturated rings. The summed E-state index contributed by atoms with van der Waals surface area (Å²) in [5.41, 5.74) is 1.36. The SMILES string of the molecule is O=C1OCC(C23CCCC2C3)N1c1ccccc1. The van der Waals surface area contributed by atoms with Crippen LogP contribution < -0.4 is 4.90 Å². The predicted octanol–water partition coefficient (Wildman–Crippen LogP) is 3.20. The number of para-hydroxylation sites is 1. The van der Waals surface area contributed by atoms with Crippen molar-refractivity contribution in [1.29, 1.82) is 0 Å². The molecule has 1 saturated heterocycles. The normalized spacial score (nSPS) is 37.6. The molecule has 0 N–H and O–H groups in total. The number of anilines is 1. The minimum atomic E-state index is -0.168. The molecule has 3 atom stereocenters. The van der Waals surface area contributed by atoms with Crippen LogP contribution >= 0.6 is 0 Å². The predicted molar refractivity (Wildman–Crippen MR) is 68.4 cm³/mol. The van der Waals surface area contributed by atoms with Gasteiger partial charge in [-0.2, -0.15) is 0 Å². The highest BCUT2D eigenvalue weighted by atomic mass is 16.6. The van der Waals surface area contributed by atoms with Crippen LogP contribution in [0.4, 0.5) is 10.5 Å². The van der Waals surface area contributed by atoms with Crippen molar-refractivity contribution >= 4 is 11.8 Å². The Kier molecular flexibility index (Phi) is 2.02.